The summed E-state index contributed by atoms with van der Waals surface area (Å²) in [4.78, 5) is 6.83. The molecule has 25 heavy (non-hydrogen) atoms. The van der Waals surface area contributed by atoms with Crippen LogP contribution < -0.4 is 10.6 Å². The van der Waals surface area contributed by atoms with Gasteiger partial charge in [0.15, 0.2) is 0 Å². The van der Waals surface area contributed by atoms with Crippen LogP contribution in [0.3, 0.4) is 0 Å². The van der Waals surface area contributed by atoms with Gasteiger partial charge in [0.05, 0.1) is 0 Å². The lowest BCUT2D eigenvalue weighted by Gasteiger charge is -2.24. The highest BCUT2D eigenvalue weighted by Crippen LogP contribution is 2.35. The van der Waals surface area contributed by atoms with Crippen LogP contribution >= 0.6 is 0 Å². The van der Waals surface area contributed by atoms with Crippen LogP contribution in [0.4, 0.5) is 5.69 Å². The van der Waals surface area contributed by atoms with Crippen LogP contribution in [0.5, 0.6) is 0 Å². The van der Waals surface area contributed by atoms with Gasteiger partial charge in [-0.05, 0) is 48.5 Å². The van der Waals surface area contributed by atoms with Crippen LogP contribution in [-0.2, 0) is 19.6 Å². The number of nitrogens with zero attached hydrogens (tertiary/aromatic N) is 3. The third-order valence-corrected chi connectivity index (χ3v) is 4.94. The van der Waals surface area contributed by atoms with E-state index in [9.17, 15) is 0 Å². The van der Waals surface area contributed by atoms with Gasteiger partial charge in [-0.25, -0.2) is 0 Å². The summed E-state index contributed by atoms with van der Waals surface area (Å²) in [6.07, 6.45) is 0. The van der Waals surface area contributed by atoms with E-state index in [1.54, 1.807) is 0 Å². The van der Waals surface area contributed by atoms with E-state index < -0.39 is 0 Å². The average molecular weight is 338 g/mol. The van der Waals surface area contributed by atoms with Crippen molar-refractivity contribution in [3.8, 4) is 0 Å². The monoisotopic (exact) mass is 338 g/mol. The summed E-state index contributed by atoms with van der Waals surface area (Å²) >= 11 is 0. The van der Waals surface area contributed by atoms with Crippen molar-refractivity contribution in [3.63, 3.8) is 0 Å². The van der Waals surface area contributed by atoms with Crippen molar-refractivity contribution in [2.75, 3.05) is 39.6 Å². The van der Waals surface area contributed by atoms with Crippen LogP contribution in [-0.4, -0.2) is 44.5 Å². The summed E-state index contributed by atoms with van der Waals surface area (Å²) in [5.41, 5.74) is 12.9. The second-order valence-corrected chi connectivity index (χ2v) is 7.49. The first-order chi connectivity index (χ1) is 12.0. The molecular formula is C21H30N4. The SMILES string of the molecule is CN(C)Cc1ccc2c(c1)C(CN)N(Cc1ccc(N(C)C)cc1)C2. The Morgan fingerprint density at radius 3 is 2.28 bits per heavy atom. The van der Waals surface area contributed by atoms with Gasteiger partial charge in [0.25, 0.3) is 0 Å². The zero-order valence-corrected chi connectivity index (χ0v) is 15.9. The van der Waals surface area contributed by atoms with Gasteiger partial charge in [0, 0.05) is 52.0 Å². The number of hydrogen-bond acceptors (Lipinski definition) is 4. The molecule has 0 aromatic heterocycles. The van der Waals surface area contributed by atoms with Crippen molar-refractivity contribution < 1.29 is 0 Å². The molecule has 2 N–H and O–H groups in total. The Labute approximate surface area is 151 Å². The minimum absolute atomic E-state index is 0.311. The third-order valence-electron chi connectivity index (χ3n) is 4.94. The summed E-state index contributed by atoms with van der Waals surface area (Å²) in [5.74, 6) is 0. The summed E-state index contributed by atoms with van der Waals surface area (Å²) in [6.45, 7) is 3.55. The number of fused-ring (bicyclic) bond motifs is 1. The van der Waals surface area contributed by atoms with Crippen molar-refractivity contribution in [2.45, 2.75) is 25.7 Å². The fourth-order valence-corrected chi connectivity index (χ4v) is 3.66. The molecule has 0 radical (unpaired) electrons. The van der Waals surface area contributed by atoms with Gasteiger partial charge in [-0.1, -0.05) is 30.3 Å². The second kappa shape index (κ2) is 7.56. The number of benzene rings is 2. The van der Waals surface area contributed by atoms with E-state index in [2.05, 4.69) is 85.4 Å². The van der Waals surface area contributed by atoms with Gasteiger partial charge in [-0.15, -0.1) is 0 Å². The number of hydrogen-bond donors (Lipinski definition) is 1. The normalized spacial score (nSPS) is 17.1. The van der Waals surface area contributed by atoms with E-state index in [0.717, 1.165) is 19.6 Å². The molecule has 1 heterocycles. The van der Waals surface area contributed by atoms with Gasteiger partial charge in [0.1, 0.15) is 0 Å². The van der Waals surface area contributed by atoms with Crippen molar-refractivity contribution >= 4 is 5.69 Å². The van der Waals surface area contributed by atoms with Crippen molar-refractivity contribution in [1.82, 2.24) is 9.80 Å². The molecule has 4 heteroatoms. The van der Waals surface area contributed by atoms with Crippen molar-refractivity contribution in [2.24, 2.45) is 5.73 Å². The first-order valence-corrected chi connectivity index (χ1v) is 8.94. The van der Waals surface area contributed by atoms with Crippen molar-refractivity contribution in [1.29, 1.82) is 0 Å². The molecule has 1 unspecified atom stereocenters. The van der Waals surface area contributed by atoms with Crippen molar-refractivity contribution in [3.05, 3.63) is 64.7 Å². The summed E-state index contributed by atoms with van der Waals surface area (Å²) < 4.78 is 0. The van der Waals surface area contributed by atoms with Crippen LogP contribution in [0.25, 0.3) is 0 Å². The molecule has 2 aromatic rings. The Bertz CT molecular complexity index is 706. The fraction of sp³-hybridized carbons (Fsp3) is 0.429. The zero-order chi connectivity index (χ0) is 18.0. The van der Waals surface area contributed by atoms with Gasteiger partial charge in [-0.2, -0.15) is 0 Å². The summed E-state index contributed by atoms with van der Waals surface area (Å²) in [7, 11) is 8.36. The highest BCUT2D eigenvalue weighted by Gasteiger charge is 2.29. The highest BCUT2D eigenvalue weighted by atomic mass is 15.2. The molecule has 2 aromatic carbocycles. The van der Waals surface area contributed by atoms with Crippen LogP contribution in [0, 0.1) is 0 Å². The number of rotatable bonds is 6. The topological polar surface area (TPSA) is 35.7 Å². The standard InChI is InChI=1S/C21H30N4/c1-23(2)13-17-5-8-18-15-25(21(12-22)20(18)11-17)14-16-6-9-19(10-7-16)24(3)4/h5-11,21H,12-15,22H2,1-4H3. The first-order valence-electron chi connectivity index (χ1n) is 8.94. The maximum Gasteiger partial charge on any atom is 0.0480 e. The lowest BCUT2D eigenvalue weighted by Crippen LogP contribution is -2.27. The second-order valence-electron chi connectivity index (χ2n) is 7.49. The highest BCUT2D eigenvalue weighted by molar-refractivity contribution is 5.46. The van der Waals surface area contributed by atoms with E-state index in [1.807, 2.05) is 0 Å². The minimum Gasteiger partial charge on any atom is -0.378 e. The molecule has 1 atom stereocenters. The Hall–Kier alpha value is -1.88. The Kier molecular flexibility index (Phi) is 5.42. The third kappa shape index (κ3) is 4.03. The van der Waals surface area contributed by atoms with Gasteiger partial charge >= 0.3 is 0 Å². The average Bonchev–Trinajstić information content (AvgIpc) is 2.91. The molecule has 3 rings (SSSR count). The van der Waals surface area contributed by atoms with Gasteiger partial charge in [0.2, 0.25) is 0 Å². The summed E-state index contributed by atoms with van der Waals surface area (Å²) in [5, 5.41) is 0. The molecule has 1 aliphatic heterocycles. The number of anilines is 1. The molecule has 0 spiro atoms. The smallest absolute Gasteiger partial charge is 0.0480 e. The Morgan fingerprint density at radius 2 is 1.68 bits per heavy atom. The van der Waals surface area contributed by atoms with E-state index in [0.29, 0.717) is 12.6 Å². The molecule has 0 fully saturated rings. The largest absolute Gasteiger partial charge is 0.378 e. The van der Waals surface area contributed by atoms with Crippen LogP contribution in [0.1, 0.15) is 28.3 Å². The fourth-order valence-electron chi connectivity index (χ4n) is 3.66. The van der Waals surface area contributed by atoms with E-state index >= 15 is 0 Å². The predicted octanol–water partition coefficient (Wildman–Crippen LogP) is 2.83. The predicted molar refractivity (Wildman–Crippen MR) is 106 cm³/mol. The zero-order valence-electron chi connectivity index (χ0n) is 15.9. The molecule has 134 valence electrons. The molecule has 0 bridgehead atoms. The summed E-state index contributed by atoms with van der Waals surface area (Å²) in [6, 6.07) is 16.0. The molecule has 1 aliphatic rings. The van der Waals surface area contributed by atoms with E-state index in [1.165, 1.54) is 27.9 Å². The van der Waals surface area contributed by atoms with Crippen LogP contribution in [0.2, 0.25) is 0 Å². The molecule has 0 aliphatic carbocycles. The molecule has 0 amide bonds. The maximum absolute atomic E-state index is 6.15. The minimum atomic E-state index is 0.311. The maximum atomic E-state index is 6.15. The molecule has 0 saturated heterocycles. The molecule has 4 nitrogen and oxygen atoms in total. The number of nitrogens with two attached hydrogens (primary N) is 1. The quantitative estimate of drug-likeness (QED) is 0.879. The van der Waals surface area contributed by atoms with E-state index in [-0.39, 0.29) is 0 Å². The lowest BCUT2D eigenvalue weighted by molar-refractivity contribution is 0.211. The van der Waals surface area contributed by atoms with Gasteiger partial charge in [-0.3, -0.25) is 4.90 Å². The van der Waals surface area contributed by atoms with E-state index in [4.69, 9.17) is 5.73 Å². The lowest BCUT2D eigenvalue weighted by atomic mass is 10.0. The first kappa shape index (κ1) is 17.9. The molecular weight excluding hydrogens is 308 g/mol. The molecule has 0 saturated carbocycles. The Morgan fingerprint density at radius 1 is 1.00 bits per heavy atom. The van der Waals surface area contributed by atoms with Crippen LogP contribution in [0.15, 0.2) is 42.5 Å². The van der Waals surface area contributed by atoms with Gasteiger partial charge < -0.3 is 15.5 Å². The Balaban J connectivity index is 1.76.